The van der Waals surface area contributed by atoms with Crippen LogP contribution in [-0.4, -0.2) is 11.8 Å². The van der Waals surface area contributed by atoms with Gasteiger partial charge in [0.2, 0.25) is 5.91 Å². The molecule has 1 fully saturated rings. The molecular formula is C12H12N2O2. The molecule has 1 saturated carbocycles. The lowest BCUT2D eigenvalue weighted by Crippen LogP contribution is -2.18. The van der Waals surface area contributed by atoms with Crippen LogP contribution >= 0.6 is 0 Å². The zero-order valence-electron chi connectivity index (χ0n) is 8.75. The highest BCUT2D eigenvalue weighted by molar-refractivity contribution is 6.07. The summed E-state index contributed by atoms with van der Waals surface area (Å²) in [6.45, 7) is 0.557. The molecular weight excluding hydrogens is 204 g/mol. The molecule has 16 heavy (non-hydrogen) atoms. The van der Waals surface area contributed by atoms with Crippen LogP contribution in [0.15, 0.2) is 18.2 Å². The maximum atomic E-state index is 11.6. The van der Waals surface area contributed by atoms with Gasteiger partial charge in [-0.05, 0) is 24.5 Å². The molecule has 2 amide bonds. The number of hydrogen-bond donors (Lipinski definition) is 2. The summed E-state index contributed by atoms with van der Waals surface area (Å²) in [6.07, 6.45) is 1.93. The van der Waals surface area contributed by atoms with Crippen molar-refractivity contribution in [1.29, 1.82) is 0 Å². The lowest BCUT2D eigenvalue weighted by Gasteiger charge is -2.07. The Morgan fingerprint density at radius 2 is 2.19 bits per heavy atom. The number of amides is 2. The average molecular weight is 216 g/mol. The van der Waals surface area contributed by atoms with Gasteiger partial charge in [0.25, 0.3) is 5.91 Å². The maximum Gasteiger partial charge on any atom is 0.254 e. The molecule has 1 aromatic carbocycles. The highest BCUT2D eigenvalue weighted by atomic mass is 16.2. The third-order valence-corrected chi connectivity index (χ3v) is 3.02. The average Bonchev–Trinajstić information content (AvgIpc) is 3.05. The molecule has 4 heteroatoms. The first-order chi connectivity index (χ1) is 7.75. The zero-order valence-corrected chi connectivity index (χ0v) is 8.75. The van der Waals surface area contributed by atoms with E-state index < -0.39 is 0 Å². The van der Waals surface area contributed by atoms with Gasteiger partial charge in [0.15, 0.2) is 0 Å². The SMILES string of the molecule is O=C1NCc2cccc(NC(=O)C3CC3)c21. The van der Waals surface area contributed by atoms with Gasteiger partial charge in [-0.25, -0.2) is 0 Å². The molecule has 0 unspecified atom stereocenters. The second kappa shape index (κ2) is 3.33. The minimum absolute atomic E-state index is 0.0353. The largest absolute Gasteiger partial charge is 0.348 e. The second-order valence-corrected chi connectivity index (χ2v) is 4.29. The van der Waals surface area contributed by atoms with E-state index in [2.05, 4.69) is 10.6 Å². The van der Waals surface area contributed by atoms with E-state index in [0.717, 1.165) is 18.4 Å². The maximum absolute atomic E-state index is 11.6. The van der Waals surface area contributed by atoms with Gasteiger partial charge in [0, 0.05) is 12.5 Å². The summed E-state index contributed by atoms with van der Waals surface area (Å²) in [7, 11) is 0. The van der Waals surface area contributed by atoms with E-state index in [1.165, 1.54) is 0 Å². The van der Waals surface area contributed by atoms with Crippen LogP contribution in [0.1, 0.15) is 28.8 Å². The molecule has 0 atom stereocenters. The Hall–Kier alpha value is -1.84. The summed E-state index contributed by atoms with van der Waals surface area (Å²) in [4.78, 5) is 23.2. The topological polar surface area (TPSA) is 58.2 Å². The van der Waals surface area contributed by atoms with Crippen LogP contribution in [0.25, 0.3) is 0 Å². The zero-order chi connectivity index (χ0) is 11.1. The number of nitrogens with one attached hydrogen (secondary N) is 2. The van der Waals surface area contributed by atoms with E-state index in [-0.39, 0.29) is 17.7 Å². The number of fused-ring (bicyclic) bond motifs is 1. The molecule has 0 bridgehead atoms. The molecule has 2 N–H and O–H groups in total. The van der Waals surface area contributed by atoms with Crippen molar-refractivity contribution in [3.05, 3.63) is 29.3 Å². The standard InChI is InChI=1S/C12H12N2O2/c15-11(7-4-5-7)14-9-3-1-2-8-6-13-12(16)10(8)9/h1-3,7H,4-6H2,(H,13,16)(H,14,15). The number of carbonyl (C=O) groups is 2. The quantitative estimate of drug-likeness (QED) is 0.782. The smallest absolute Gasteiger partial charge is 0.254 e. The van der Waals surface area contributed by atoms with Crippen molar-refractivity contribution < 1.29 is 9.59 Å². The van der Waals surface area contributed by atoms with Crippen LogP contribution in [0.3, 0.4) is 0 Å². The van der Waals surface area contributed by atoms with Crippen molar-refractivity contribution in [1.82, 2.24) is 5.32 Å². The van der Waals surface area contributed by atoms with Crippen molar-refractivity contribution in [3.63, 3.8) is 0 Å². The summed E-state index contributed by atoms with van der Waals surface area (Å²) in [5, 5.41) is 5.59. The molecule has 2 aliphatic rings. The van der Waals surface area contributed by atoms with E-state index in [1.807, 2.05) is 12.1 Å². The molecule has 4 nitrogen and oxygen atoms in total. The van der Waals surface area contributed by atoms with E-state index in [4.69, 9.17) is 0 Å². The van der Waals surface area contributed by atoms with Crippen molar-refractivity contribution in [2.45, 2.75) is 19.4 Å². The highest BCUT2D eigenvalue weighted by Gasteiger charge is 2.31. The summed E-state index contributed by atoms with van der Waals surface area (Å²) in [5.41, 5.74) is 2.22. The van der Waals surface area contributed by atoms with Crippen molar-refractivity contribution in [2.75, 3.05) is 5.32 Å². The summed E-state index contributed by atoms with van der Waals surface area (Å²) in [5.74, 6) is 0.0927. The Kier molecular flexibility index (Phi) is 1.96. The van der Waals surface area contributed by atoms with Crippen LogP contribution in [0, 0.1) is 5.92 Å². The molecule has 0 radical (unpaired) electrons. The third kappa shape index (κ3) is 1.46. The van der Waals surface area contributed by atoms with Crippen LogP contribution in [-0.2, 0) is 11.3 Å². The van der Waals surface area contributed by atoms with Gasteiger partial charge < -0.3 is 10.6 Å². The lowest BCUT2D eigenvalue weighted by atomic mass is 10.1. The number of benzene rings is 1. The Morgan fingerprint density at radius 3 is 2.94 bits per heavy atom. The molecule has 0 saturated heterocycles. The Balaban J connectivity index is 1.92. The van der Waals surface area contributed by atoms with Gasteiger partial charge in [0.05, 0.1) is 11.3 Å². The van der Waals surface area contributed by atoms with Crippen molar-refractivity contribution in [2.24, 2.45) is 5.92 Å². The highest BCUT2D eigenvalue weighted by Crippen LogP contribution is 2.31. The molecule has 1 aliphatic carbocycles. The Labute approximate surface area is 93.0 Å². The summed E-state index contributed by atoms with van der Waals surface area (Å²) < 4.78 is 0. The molecule has 3 rings (SSSR count). The molecule has 82 valence electrons. The van der Waals surface area contributed by atoms with E-state index >= 15 is 0 Å². The number of carbonyl (C=O) groups excluding carboxylic acids is 2. The number of hydrogen-bond acceptors (Lipinski definition) is 2. The fourth-order valence-corrected chi connectivity index (χ4v) is 1.96. The van der Waals surface area contributed by atoms with E-state index in [9.17, 15) is 9.59 Å². The van der Waals surface area contributed by atoms with Gasteiger partial charge in [-0.1, -0.05) is 12.1 Å². The van der Waals surface area contributed by atoms with Gasteiger partial charge in [-0.15, -0.1) is 0 Å². The first-order valence-corrected chi connectivity index (χ1v) is 5.46. The lowest BCUT2D eigenvalue weighted by molar-refractivity contribution is -0.117. The fraction of sp³-hybridized carbons (Fsp3) is 0.333. The van der Waals surface area contributed by atoms with Gasteiger partial charge in [0.1, 0.15) is 0 Å². The Morgan fingerprint density at radius 1 is 1.38 bits per heavy atom. The first kappa shape index (κ1) is 9.39. The fourth-order valence-electron chi connectivity index (χ4n) is 1.96. The molecule has 1 heterocycles. The minimum atomic E-state index is -0.0957. The first-order valence-electron chi connectivity index (χ1n) is 5.46. The molecule has 0 aromatic heterocycles. The van der Waals surface area contributed by atoms with Crippen molar-refractivity contribution >= 4 is 17.5 Å². The summed E-state index contributed by atoms with van der Waals surface area (Å²) in [6, 6.07) is 5.55. The van der Waals surface area contributed by atoms with E-state index in [0.29, 0.717) is 17.8 Å². The Bertz CT molecular complexity index is 478. The minimum Gasteiger partial charge on any atom is -0.348 e. The molecule has 0 spiro atoms. The normalized spacial score (nSPS) is 17.9. The van der Waals surface area contributed by atoms with Gasteiger partial charge in [-0.3, -0.25) is 9.59 Å². The van der Waals surface area contributed by atoms with Crippen molar-refractivity contribution in [3.8, 4) is 0 Å². The van der Waals surface area contributed by atoms with Crippen LogP contribution in [0.4, 0.5) is 5.69 Å². The number of rotatable bonds is 2. The second-order valence-electron chi connectivity index (χ2n) is 4.29. The summed E-state index contributed by atoms with van der Waals surface area (Å²) >= 11 is 0. The predicted molar refractivity (Wildman–Crippen MR) is 59.0 cm³/mol. The van der Waals surface area contributed by atoms with Crippen LogP contribution in [0.2, 0.25) is 0 Å². The van der Waals surface area contributed by atoms with E-state index in [1.54, 1.807) is 6.07 Å². The third-order valence-electron chi connectivity index (χ3n) is 3.02. The predicted octanol–water partition coefficient (Wildman–Crippen LogP) is 1.28. The van der Waals surface area contributed by atoms with Crippen LogP contribution in [0.5, 0.6) is 0 Å². The van der Waals surface area contributed by atoms with Gasteiger partial charge in [-0.2, -0.15) is 0 Å². The van der Waals surface area contributed by atoms with Crippen LogP contribution < -0.4 is 10.6 Å². The number of anilines is 1. The monoisotopic (exact) mass is 216 g/mol. The molecule has 1 aromatic rings. The van der Waals surface area contributed by atoms with Gasteiger partial charge >= 0.3 is 0 Å². The molecule has 1 aliphatic heterocycles.